The van der Waals surface area contributed by atoms with Gasteiger partial charge in [-0.25, -0.2) is 28.8 Å². The van der Waals surface area contributed by atoms with Crippen molar-refractivity contribution in [3.05, 3.63) is 0 Å². The molecule has 0 aromatic rings. The van der Waals surface area contributed by atoms with Crippen molar-refractivity contribution in [1.29, 1.82) is 0 Å². The average Bonchev–Trinajstić information content (AvgIpc) is 3.22. The standard InChI is InChI=1S/C58H104N6O18/c1-51(2,3)75-33-39(59-41(65)31-29-37(47(71)79-55(13,14)15)63-49(73)81-57(19,20)21)43(67)61-35(45(69)77-53(7,8)9)27-25-26-28-36(46(70)78-54(10,11)12)62-44(68)40(34-76-52(4,5)6)60-42(66)32-30-38(48(72)80-56(16,17)18)64-50(74)82-58(22,23)24/h35-40H,25-34H2,1-24H3,(H,59,65)(H,60,66)(H,61,67)(H,62,68)(H,63,73)(H,64,74)/t35-,36-,37-,38-,39-,40-/m0/s1. The molecule has 0 unspecified atom stereocenters. The summed E-state index contributed by atoms with van der Waals surface area (Å²) in [6.45, 7) is 39.4. The van der Waals surface area contributed by atoms with E-state index < -0.39 is 141 Å². The smallest absolute Gasteiger partial charge is 0.408 e. The molecule has 0 aliphatic carbocycles. The minimum Gasteiger partial charge on any atom is -0.458 e. The monoisotopic (exact) mass is 1170 g/mol. The van der Waals surface area contributed by atoms with Gasteiger partial charge in [0.1, 0.15) is 69.9 Å². The summed E-state index contributed by atoms with van der Waals surface area (Å²) >= 11 is 0. The fourth-order valence-corrected chi connectivity index (χ4v) is 6.74. The molecule has 0 aromatic heterocycles. The number of amides is 6. The van der Waals surface area contributed by atoms with E-state index in [0.29, 0.717) is 0 Å². The molecule has 0 radical (unpaired) electrons. The van der Waals surface area contributed by atoms with Crippen LogP contribution in [-0.2, 0) is 76.3 Å². The maximum atomic E-state index is 14.2. The quantitative estimate of drug-likeness (QED) is 0.0279. The van der Waals surface area contributed by atoms with Crippen LogP contribution in [0.1, 0.15) is 218 Å². The molecule has 6 N–H and O–H groups in total. The van der Waals surface area contributed by atoms with Crippen LogP contribution < -0.4 is 31.9 Å². The van der Waals surface area contributed by atoms with Gasteiger partial charge in [-0.3, -0.25) is 19.2 Å². The van der Waals surface area contributed by atoms with Crippen LogP contribution in [0.2, 0.25) is 0 Å². The summed E-state index contributed by atoms with van der Waals surface area (Å²) in [6.07, 6.45) is -2.81. The van der Waals surface area contributed by atoms with Crippen molar-refractivity contribution < 1.29 is 85.8 Å². The maximum absolute atomic E-state index is 14.2. The molecule has 0 aromatic carbocycles. The zero-order valence-corrected chi connectivity index (χ0v) is 53.9. The molecule has 82 heavy (non-hydrogen) atoms. The Labute approximate surface area is 487 Å². The van der Waals surface area contributed by atoms with Gasteiger partial charge in [0, 0.05) is 12.8 Å². The molecule has 0 rings (SSSR count). The molecule has 0 aliphatic heterocycles. The van der Waals surface area contributed by atoms with Crippen molar-refractivity contribution in [2.75, 3.05) is 13.2 Å². The number of hydrogen-bond acceptors (Lipinski definition) is 18. The minimum absolute atomic E-state index is 0.0461. The summed E-state index contributed by atoms with van der Waals surface area (Å²) in [5.74, 6) is -6.26. The second-order valence-corrected chi connectivity index (χ2v) is 28.1. The Morgan fingerprint density at radius 1 is 0.280 bits per heavy atom. The molecular weight excluding hydrogens is 1070 g/mol. The Balaban J connectivity index is 6.72. The Bertz CT molecular complexity index is 1990. The first-order chi connectivity index (χ1) is 36.7. The topological polar surface area (TPSA) is 317 Å². The predicted molar refractivity (Wildman–Crippen MR) is 306 cm³/mol. The molecule has 0 aliphatic rings. The highest BCUT2D eigenvalue weighted by atomic mass is 16.6. The third kappa shape index (κ3) is 38.8. The zero-order chi connectivity index (χ0) is 64.2. The third-order valence-electron chi connectivity index (χ3n) is 10.0. The van der Waals surface area contributed by atoms with E-state index in [4.69, 9.17) is 37.9 Å². The Morgan fingerprint density at radius 2 is 0.512 bits per heavy atom. The lowest BCUT2D eigenvalue weighted by Gasteiger charge is -2.29. The van der Waals surface area contributed by atoms with Gasteiger partial charge >= 0.3 is 36.1 Å². The van der Waals surface area contributed by atoms with Crippen molar-refractivity contribution in [1.82, 2.24) is 31.9 Å². The van der Waals surface area contributed by atoms with E-state index in [0.717, 1.165) is 0 Å². The number of carbonyl (C=O) groups excluding carboxylic acids is 10. The van der Waals surface area contributed by atoms with Gasteiger partial charge in [-0.1, -0.05) is 12.8 Å². The van der Waals surface area contributed by atoms with Crippen LogP contribution in [-0.4, -0.2) is 154 Å². The van der Waals surface area contributed by atoms with Crippen LogP contribution in [0.4, 0.5) is 9.59 Å². The summed E-state index contributed by atoms with van der Waals surface area (Å²) in [6, 6.07) is -7.96. The number of esters is 4. The van der Waals surface area contributed by atoms with Crippen LogP contribution >= 0.6 is 0 Å². The maximum Gasteiger partial charge on any atom is 0.408 e. The molecule has 0 saturated carbocycles. The van der Waals surface area contributed by atoms with E-state index in [1.54, 1.807) is 166 Å². The summed E-state index contributed by atoms with van der Waals surface area (Å²) in [4.78, 5) is 135. The van der Waals surface area contributed by atoms with Crippen LogP contribution in [0.15, 0.2) is 0 Å². The van der Waals surface area contributed by atoms with Gasteiger partial charge in [0.15, 0.2) is 0 Å². The van der Waals surface area contributed by atoms with Crippen molar-refractivity contribution in [2.45, 2.75) is 299 Å². The van der Waals surface area contributed by atoms with E-state index >= 15 is 0 Å². The first-order valence-electron chi connectivity index (χ1n) is 28.1. The van der Waals surface area contributed by atoms with E-state index in [2.05, 4.69) is 31.9 Å². The molecular formula is C58H104N6O18. The van der Waals surface area contributed by atoms with Crippen LogP contribution in [0.3, 0.4) is 0 Å². The molecule has 6 amide bonds. The lowest BCUT2D eigenvalue weighted by molar-refractivity contribution is -0.160. The SMILES string of the molecule is CC(C)(C)OC[C@H](NC(=O)CC[C@H](NC(=O)OC(C)(C)C)C(=O)OC(C)(C)C)C(=O)N[C@@H](CCCC[C@H](NC(=O)[C@H](COC(C)(C)C)NC(=O)CC[C@H](NC(=O)OC(C)(C)C)C(=O)OC(C)(C)C)C(=O)OC(C)(C)C)C(=O)OC(C)(C)C. The number of ether oxygens (including phenoxy) is 8. The first-order valence-corrected chi connectivity index (χ1v) is 28.1. The lowest BCUT2D eigenvalue weighted by atomic mass is 10.0. The highest BCUT2D eigenvalue weighted by Gasteiger charge is 2.36. The average molecular weight is 1170 g/mol. The Hall–Kier alpha value is -5.78. The van der Waals surface area contributed by atoms with Crippen LogP contribution in [0, 0.1) is 0 Å². The molecule has 474 valence electrons. The third-order valence-corrected chi connectivity index (χ3v) is 10.0. The largest absolute Gasteiger partial charge is 0.458 e. The number of alkyl carbamates (subject to hydrolysis) is 2. The number of hydrogen-bond donors (Lipinski definition) is 6. The van der Waals surface area contributed by atoms with Crippen molar-refractivity contribution in [3.8, 4) is 0 Å². The van der Waals surface area contributed by atoms with Crippen LogP contribution in [0.5, 0.6) is 0 Å². The lowest BCUT2D eigenvalue weighted by Crippen LogP contribution is -2.55. The van der Waals surface area contributed by atoms with Gasteiger partial charge in [0.2, 0.25) is 23.6 Å². The minimum atomic E-state index is -1.38. The fraction of sp³-hybridized carbons (Fsp3) is 0.828. The molecule has 0 spiro atoms. The summed E-state index contributed by atoms with van der Waals surface area (Å²) in [7, 11) is 0. The molecule has 0 fully saturated rings. The Morgan fingerprint density at radius 3 is 0.732 bits per heavy atom. The van der Waals surface area contributed by atoms with Gasteiger partial charge in [0.05, 0.1) is 24.4 Å². The van der Waals surface area contributed by atoms with Crippen molar-refractivity contribution in [2.24, 2.45) is 0 Å². The van der Waals surface area contributed by atoms with Crippen LogP contribution in [0.25, 0.3) is 0 Å². The van der Waals surface area contributed by atoms with Gasteiger partial charge < -0.3 is 69.8 Å². The molecule has 24 heteroatoms. The van der Waals surface area contributed by atoms with E-state index in [9.17, 15) is 47.9 Å². The summed E-state index contributed by atoms with van der Waals surface area (Å²) in [5, 5.41) is 15.6. The van der Waals surface area contributed by atoms with Gasteiger partial charge in [-0.15, -0.1) is 0 Å². The second kappa shape index (κ2) is 31.8. The van der Waals surface area contributed by atoms with E-state index in [1.165, 1.54) is 0 Å². The van der Waals surface area contributed by atoms with E-state index in [1.807, 2.05) is 0 Å². The normalized spacial score (nSPS) is 14.9. The zero-order valence-electron chi connectivity index (χ0n) is 53.9. The van der Waals surface area contributed by atoms with Gasteiger partial charge in [-0.05, 0) is 192 Å². The van der Waals surface area contributed by atoms with E-state index in [-0.39, 0.29) is 64.6 Å². The molecule has 6 atom stereocenters. The summed E-state index contributed by atoms with van der Waals surface area (Å²) < 4.78 is 44.9. The highest BCUT2D eigenvalue weighted by Crippen LogP contribution is 2.19. The van der Waals surface area contributed by atoms with Crippen molar-refractivity contribution >= 4 is 59.7 Å². The molecule has 0 saturated heterocycles. The highest BCUT2D eigenvalue weighted by molar-refractivity contribution is 5.92. The molecule has 24 nitrogen and oxygen atoms in total. The van der Waals surface area contributed by atoms with Gasteiger partial charge in [0.25, 0.3) is 0 Å². The van der Waals surface area contributed by atoms with Gasteiger partial charge in [-0.2, -0.15) is 0 Å². The molecule has 0 heterocycles. The fourth-order valence-electron chi connectivity index (χ4n) is 6.74. The predicted octanol–water partition coefficient (Wildman–Crippen LogP) is 6.83. The summed E-state index contributed by atoms with van der Waals surface area (Å²) in [5.41, 5.74) is -7.21. The Kier molecular flexibility index (Phi) is 29.5. The second-order valence-electron chi connectivity index (χ2n) is 28.1. The number of carbonyl (C=O) groups is 10. The number of rotatable bonds is 27. The number of unbranched alkanes of at least 4 members (excludes halogenated alkanes) is 1. The number of nitrogens with one attached hydrogen (secondary N) is 6. The van der Waals surface area contributed by atoms with Crippen molar-refractivity contribution in [3.63, 3.8) is 0 Å². The molecule has 0 bridgehead atoms. The first kappa shape index (κ1) is 76.2.